The lowest BCUT2D eigenvalue weighted by Crippen LogP contribution is -2.32. The highest BCUT2D eigenvalue weighted by molar-refractivity contribution is 6.31. The third-order valence-electron chi connectivity index (χ3n) is 3.07. The molecular weight excluding hydrogens is 278 g/mol. The number of hydrogen-bond donors (Lipinski definition) is 2. The van der Waals surface area contributed by atoms with Gasteiger partial charge in [-0.2, -0.15) is 0 Å². The summed E-state index contributed by atoms with van der Waals surface area (Å²) in [5.41, 5.74) is 1.91. The van der Waals surface area contributed by atoms with Crippen LogP contribution in [0, 0.1) is 6.92 Å². The number of hydrogen-bond acceptors (Lipinski definition) is 3. The van der Waals surface area contributed by atoms with Gasteiger partial charge in [0.05, 0.1) is 6.54 Å². The van der Waals surface area contributed by atoms with Gasteiger partial charge in [0.2, 0.25) is 0 Å². The molecular formula is C15H16ClNO3. The molecule has 0 saturated carbocycles. The number of halogens is 1. The first-order valence-electron chi connectivity index (χ1n) is 6.29. The summed E-state index contributed by atoms with van der Waals surface area (Å²) in [6, 6.07) is 8.79. The minimum absolute atomic E-state index is 0.368. The third kappa shape index (κ3) is 3.40. The Morgan fingerprint density at radius 2 is 2.15 bits per heavy atom. The summed E-state index contributed by atoms with van der Waals surface area (Å²) in [7, 11) is 0. The molecule has 0 saturated heterocycles. The van der Waals surface area contributed by atoms with Crippen LogP contribution in [0.4, 0.5) is 0 Å². The number of carboxylic acids is 1. The van der Waals surface area contributed by atoms with Crippen LogP contribution < -0.4 is 5.32 Å². The fourth-order valence-electron chi connectivity index (χ4n) is 1.72. The minimum Gasteiger partial charge on any atom is -0.480 e. The first-order valence-corrected chi connectivity index (χ1v) is 6.66. The Bertz CT molecular complexity index is 621. The standard InChI is InChI=1S/C15H16ClNO3/c1-9-3-4-11(7-13(9)16)14-6-5-12(20-14)8-17-10(2)15(18)19/h3-7,10,17H,8H2,1-2H3,(H,18,19)/t10-/m1/s1. The summed E-state index contributed by atoms with van der Waals surface area (Å²) in [6.45, 7) is 3.90. The predicted octanol–water partition coefficient (Wildman–Crippen LogP) is 3.47. The van der Waals surface area contributed by atoms with Crippen molar-refractivity contribution in [2.75, 3.05) is 0 Å². The Kier molecular flexibility index (Phi) is 4.47. The number of rotatable bonds is 5. The van der Waals surface area contributed by atoms with Crippen molar-refractivity contribution in [1.29, 1.82) is 0 Å². The molecule has 0 radical (unpaired) electrons. The SMILES string of the molecule is Cc1ccc(-c2ccc(CN[C@H](C)C(=O)O)o2)cc1Cl. The molecule has 1 aromatic carbocycles. The normalized spacial score (nSPS) is 12.3. The molecule has 0 bridgehead atoms. The van der Waals surface area contributed by atoms with Gasteiger partial charge in [0.25, 0.3) is 0 Å². The highest BCUT2D eigenvalue weighted by Gasteiger charge is 2.11. The van der Waals surface area contributed by atoms with E-state index in [-0.39, 0.29) is 0 Å². The van der Waals surface area contributed by atoms with Crippen molar-refractivity contribution in [3.05, 3.63) is 46.7 Å². The lowest BCUT2D eigenvalue weighted by Gasteiger charge is -2.06. The van der Waals surface area contributed by atoms with Crippen LogP contribution in [0.15, 0.2) is 34.7 Å². The Hall–Kier alpha value is -1.78. The first kappa shape index (κ1) is 14.6. The van der Waals surface area contributed by atoms with Crippen molar-refractivity contribution >= 4 is 17.6 Å². The molecule has 0 aliphatic rings. The maximum absolute atomic E-state index is 10.7. The van der Waals surface area contributed by atoms with Crippen LogP contribution in [0.1, 0.15) is 18.2 Å². The number of benzene rings is 1. The van der Waals surface area contributed by atoms with Crippen molar-refractivity contribution < 1.29 is 14.3 Å². The van der Waals surface area contributed by atoms with Crippen LogP contribution in [0.5, 0.6) is 0 Å². The molecule has 2 aromatic rings. The molecule has 20 heavy (non-hydrogen) atoms. The van der Waals surface area contributed by atoms with Gasteiger partial charge in [-0.05, 0) is 37.6 Å². The zero-order valence-electron chi connectivity index (χ0n) is 11.3. The molecule has 1 heterocycles. The zero-order chi connectivity index (χ0) is 14.7. The molecule has 5 heteroatoms. The van der Waals surface area contributed by atoms with Crippen LogP contribution in [0.2, 0.25) is 5.02 Å². The lowest BCUT2D eigenvalue weighted by molar-refractivity contribution is -0.139. The van der Waals surface area contributed by atoms with Crippen molar-refractivity contribution in [1.82, 2.24) is 5.32 Å². The molecule has 4 nitrogen and oxygen atoms in total. The molecule has 0 fully saturated rings. The number of aryl methyl sites for hydroxylation is 1. The maximum atomic E-state index is 10.7. The van der Waals surface area contributed by atoms with E-state index in [1.807, 2.05) is 37.3 Å². The van der Waals surface area contributed by atoms with Crippen LogP contribution in [-0.2, 0) is 11.3 Å². The van der Waals surface area contributed by atoms with Crippen LogP contribution in [0.25, 0.3) is 11.3 Å². The molecule has 1 aromatic heterocycles. The average Bonchev–Trinajstić information content (AvgIpc) is 2.87. The van der Waals surface area contributed by atoms with Crippen LogP contribution in [0.3, 0.4) is 0 Å². The van der Waals surface area contributed by atoms with Crippen molar-refractivity contribution in [3.8, 4) is 11.3 Å². The molecule has 0 amide bonds. The van der Waals surface area contributed by atoms with Gasteiger partial charge in [-0.15, -0.1) is 0 Å². The molecule has 1 atom stereocenters. The molecule has 2 rings (SSSR count). The Labute approximate surface area is 122 Å². The number of carbonyl (C=O) groups is 1. The summed E-state index contributed by atoms with van der Waals surface area (Å²) in [4.78, 5) is 10.7. The van der Waals surface area contributed by atoms with Gasteiger partial charge in [-0.1, -0.05) is 23.7 Å². The van der Waals surface area contributed by atoms with Gasteiger partial charge in [-0.25, -0.2) is 0 Å². The molecule has 0 aliphatic carbocycles. The van der Waals surface area contributed by atoms with Crippen molar-refractivity contribution in [2.45, 2.75) is 26.4 Å². The van der Waals surface area contributed by atoms with E-state index in [1.165, 1.54) is 0 Å². The Morgan fingerprint density at radius 3 is 2.80 bits per heavy atom. The van der Waals surface area contributed by atoms with Gasteiger partial charge >= 0.3 is 5.97 Å². The van der Waals surface area contributed by atoms with E-state index in [2.05, 4.69) is 5.32 Å². The molecule has 0 aliphatic heterocycles. The molecule has 0 unspecified atom stereocenters. The summed E-state index contributed by atoms with van der Waals surface area (Å²) in [5.74, 6) is 0.513. The van der Waals surface area contributed by atoms with E-state index >= 15 is 0 Å². The molecule has 106 valence electrons. The van der Waals surface area contributed by atoms with E-state index < -0.39 is 12.0 Å². The van der Waals surface area contributed by atoms with Gasteiger partial charge < -0.3 is 9.52 Å². The fourth-order valence-corrected chi connectivity index (χ4v) is 1.90. The molecule has 2 N–H and O–H groups in total. The first-order chi connectivity index (χ1) is 9.47. The maximum Gasteiger partial charge on any atom is 0.320 e. The summed E-state index contributed by atoms with van der Waals surface area (Å²) < 4.78 is 5.68. The number of furan rings is 1. The fraction of sp³-hybridized carbons (Fsp3) is 0.267. The second kappa shape index (κ2) is 6.11. The van der Waals surface area contributed by atoms with Crippen LogP contribution in [-0.4, -0.2) is 17.1 Å². The zero-order valence-corrected chi connectivity index (χ0v) is 12.1. The number of aliphatic carboxylic acids is 1. The van der Waals surface area contributed by atoms with Gasteiger partial charge in [0.1, 0.15) is 17.6 Å². The number of carboxylic acid groups (broad SMARTS) is 1. The highest BCUT2D eigenvalue weighted by Crippen LogP contribution is 2.26. The van der Waals surface area contributed by atoms with Gasteiger partial charge in [0, 0.05) is 10.6 Å². The third-order valence-corrected chi connectivity index (χ3v) is 3.48. The quantitative estimate of drug-likeness (QED) is 0.886. The van der Waals surface area contributed by atoms with E-state index in [1.54, 1.807) is 6.92 Å². The number of nitrogens with one attached hydrogen (secondary N) is 1. The van der Waals surface area contributed by atoms with E-state index in [0.717, 1.165) is 11.1 Å². The Balaban J connectivity index is 2.08. The average molecular weight is 294 g/mol. The summed E-state index contributed by atoms with van der Waals surface area (Å²) in [5, 5.41) is 12.3. The van der Waals surface area contributed by atoms with Crippen LogP contribution >= 0.6 is 11.6 Å². The summed E-state index contributed by atoms with van der Waals surface area (Å²) >= 11 is 6.09. The van der Waals surface area contributed by atoms with Gasteiger partial charge in [0.15, 0.2) is 0 Å². The second-order valence-electron chi connectivity index (χ2n) is 4.67. The Morgan fingerprint density at radius 1 is 1.40 bits per heavy atom. The molecule has 0 spiro atoms. The van der Waals surface area contributed by atoms with E-state index in [4.69, 9.17) is 21.1 Å². The predicted molar refractivity (Wildman–Crippen MR) is 77.8 cm³/mol. The minimum atomic E-state index is -0.887. The van der Waals surface area contributed by atoms with E-state index in [0.29, 0.717) is 23.1 Å². The van der Waals surface area contributed by atoms with E-state index in [9.17, 15) is 4.79 Å². The van der Waals surface area contributed by atoms with Crippen molar-refractivity contribution in [3.63, 3.8) is 0 Å². The van der Waals surface area contributed by atoms with Gasteiger partial charge in [-0.3, -0.25) is 10.1 Å². The second-order valence-corrected chi connectivity index (χ2v) is 5.08. The topological polar surface area (TPSA) is 62.5 Å². The summed E-state index contributed by atoms with van der Waals surface area (Å²) in [6.07, 6.45) is 0. The van der Waals surface area contributed by atoms with Crippen molar-refractivity contribution in [2.24, 2.45) is 0 Å². The highest BCUT2D eigenvalue weighted by atomic mass is 35.5. The monoisotopic (exact) mass is 293 g/mol. The lowest BCUT2D eigenvalue weighted by atomic mass is 10.1. The smallest absolute Gasteiger partial charge is 0.320 e. The largest absolute Gasteiger partial charge is 0.480 e.